The molecule has 0 saturated heterocycles. The first kappa shape index (κ1) is 12.0. The molecule has 96 valence electrons. The van der Waals surface area contributed by atoms with Crippen molar-refractivity contribution < 1.29 is 0 Å². The van der Waals surface area contributed by atoms with E-state index in [1.165, 1.54) is 6.33 Å². The average Bonchev–Trinajstić information content (AvgIpc) is 3.15. The standard InChI is InChI=1S/C13H12ClN5/c14-12-5-10(17-7-18-12)11-6-16-13(19-11)4-3-9(15)8-1-2-8/h3-8,15H,1-2H2,(H,16,19)/b4-3-,15-9?. The van der Waals surface area contributed by atoms with E-state index in [9.17, 15) is 0 Å². The van der Waals surface area contributed by atoms with Crippen LogP contribution in [0.1, 0.15) is 18.7 Å². The van der Waals surface area contributed by atoms with Crippen LogP contribution in [-0.2, 0) is 0 Å². The Hall–Kier alpha value is -2.01. The van der Waals surface area contributed by atoms with Gasteiger partial charge in [-0.15, -0.1) is 0 Å². The van der Waals surface area contributed by atoms with Gasteiger partial charge in [0.15, 0.2) is 0 Å². The first-order valence-electron chi connectivity index (χ1n) is 6.02. The molecule has 2 aromatic rings. The number of halogens is 1. The Morgan fingerprint density at radius 3 is 2.95 bits per heavy atom. The Labute approximate surface area is 115 Å². The van der Waals surface area contributed by atoms with Gasteiger partial charge in [-0.2, -0.15) is 0 Å². The quantitative estimate of drug-likeness (QED) is 0.664. The van der Waals surface area contributed by atoms with Gasteiger partial charge in [0.05, 0.1) is 17.6 Å². The minimum absolute atomic E-state index is 0.396. The Balaban J connectivity index is 1.77. The Kier molecular flexibility index (Phi) is 3.13. The molecule has 0 radical (unpaired) electrons. The molecule has 0 bridgehead atoms. The molecule has 0 atom stereocenters. The second-order valence-electron chi connectivity index (χ2n) is 4.47. The van der Waals surface area contributed by atoms with Crippen LogP contribution < -0.4 is 0 Å². The van der Waals surface area contributed by atoms with Gasteiger partial charge in [0.2, 0.25) is 0 Å². The second kappa shape index (κ2) is 4.93. The summed E-state index contributed by atoms with van der Waals surface area (Å²) in [6.45, 7) is 0. The van der Waals surface area contributed by atoms with Crippen LogP contribution in [0.2, 0.25) is 5.15 Å². The molecule has 0 amide bonds. The highest BCUT2D eigenvalue weighted by Crippen LogP contribution is 2.30. The zero-order chi connectivity index (χ0) is 13.2. The molecule has 0 aliphatic heterocycles. The normalized spacial score (nSPS) is 15.0. The predicted octanol–water partition coefficient (Wildman–Crippen LogP) is 2.96. The van der Waals surface area contributed by atoms with E-state index < -0.39 is 0 Å². The number of nitrogens with zero attached hydrogens (tertiary/aromatic N) is 3. The highest BCUT2D eigenvalue weighted by molar-refractivity contribution is 6.29. The maximum Gasteiger partial charge on any atom is 0.133 e. The number of hydrogen-bond acceptors (Lipinski definition) is 4. The molecule has 6 heteroatoms. The van der Waals surface area contributed by atoms with Gasteiger partial charge in [0, 0.05) is 17.7 Å². The van der Waals surface area contributed by atoms with E-state index in [-0.39, 0.29) is 0 Å². The molecular weight excluding hydrogens is 262 g/mol. The summed E-state index contributed by atoms with van der Waals surface area (Å²) in [5.74, 6) is 1.15. The summed E-state index contributed by atoms with van der Waals surface area (Å²) in [6.07, 6.45) is 8.98. The Bertz CT molecular complexity index is 642. The summed E-state index contributed by atoms with van der Waals surface area (Å²) < 4.78 is 0. The van der Waals surface area contributed by atoms with E-state index in [1.54, 1.807) is 18.3 Å². The number of rotatable bonds is 4. The highest BCUT2D eigenvalue weighted by atomic mass is 35.5. The van der Waals surface area contributed by atoms with Gasteiger partial charge in [-0.25, -0.2) is 15.0 Å². The van der Waals surface area contributed by atoms with Gasteiger partial charge in [0.1, 0.15) is 17.3 Å². The predicted molar refractivity (Wildman–Crippen MR) is 74.1 cm³/mol. The third kappa shape index (κ3) is 2.88. The summed E-state index contributed by atoms with van der Waals surface area (Å²) in [4.78, 5) is 15.3. The van der Waals surface area contributed by atoms with Gasteiger partial charge in [0.25, 0.3) is 0 Å². The minimum atomic E-state index is 0.396. The third-order valence-electron chi connectivity index (χ3n) is 2.94. The van der Waals surface area contributed by atoms with E-state index in [0.29, 0.717) is 28.3 Å². The van der Waals surface area contributed by atoms with E-state index in [4.69, 9.17) is 17.0 Å². The third-order valence-corrected chi connectivity index (χ3v) is 3.15. The summed E-state index contributed by atoms with van der Waals surface area (Å²) in [7, 11) is 0. The molecule has 0 spiro atoms. The largest absolute Gasteiger partial charge is 0.337 e. The molecule has 1 aliphatic carbocycles. The van der Waals surface area contributed by atoms with Crippen molar-refractivity contribution in [3.8, 4) is 11.4 Å². The number of nitrogens with one attached hydrogen (secondary N) is 2. The van der Waals surface area contributed by atoms with Gasteiger partial charge < -0.3 is 10.4 Å². The van der Waals surface area contributed by atoms with Crippen LogP contribution in [0, 0.1) is 11.3 Å². The van der Waals surface area contributed by atoms with E-state index in [1.807, 2.05) is 6.08 Å². The molecule has 5 nitrogen and oxygen atoms in total. The molecule has 0 aromatic carbocycles. The zero-order valence-corrected chi connectivity index (χ0v) is 10.9. The van der Waals surface area contributed by atoms with Crippen LogP contribution in [0.15, 0.2) is 24.7 Å². The monoisotopic (exact) mass is 273 g/mol. The minimum Gasteiger partial charge on any atom is -0.337 e. The molecule has 1 aliphatic rings. The van der Waals surface area contributed by atoms with Crippen molar-refractivity contribution in [2.24, 2.45) is 5.92 Å². The average molecular weight is 274 g/mol. The zero-order valence-electron chi connectivity index (χ0n) is 10.1. The molecule has 2 aromatic heterocycles. The lowest BCUT2D eigenvalue weighted by Crippen LogP contribution is -1.92. The molecule has 0 unspecified atom stereocenters. The summed E-state index contributed by atoms with van der Waals surface area (Å²) in [5, 5.41) is 8.18. The first-order valence-corrected chi connectivity index (χ1v) is 6.39. The highest BCUT2D eigenvalue weighted by Gasteiger charge is 2.24. The lowest BCUT2D eigenvalue weighted by atomic mass is 10.2. The van der Waals surface area contributed by atoms with E-state index in [2.05, 4.69) is 19.9 Å². The van der Waals surface area contributed by atoms with Crippen LogP contribution in [0.5, 0.6) is 0 Å². The summed E-state index contributed by atoms with van der Waals surface area (Å²) in [5.41, 5.74) is 2.15. The van der Waals surface area contributed by atoms with Crippen molar-refractivity contribution in [3.63, 3.8) is 0 Å². The van der Waals surface area contributed by atoms with Crippen molar-refractivity contribution >= 4 is 23.4 Å². The van der Waals surface area contributed by atoms with Crippen molar-refractivity contribution in [3.05, 3.63) is 35.6 Å². The lowest BCUT2D eigenvalue weighted by Gasteiger charge is -1.95. The van der Waals surface area contributed by atoms with Crippen LogP contribution in [0.25, 0.3) is 17.5 Å². The van der Waals surface area contributed by atoms with Gasteiger partial charge in [-0.3, -0.25) is 0 Å². The van der Waals surface area contributed by atoms with Gasteiger partial charge >= 0.3 is 0 Å². The maximum atomic E-state index is 7.79. The number of imidazole rings is 1. The molecular formula is C13H12ClN5. The van der Waals surface area contributed by atoms with Crippen molar-refractivity contribution in [2.75, 3.05) is 0 Å². The number of aromatic amines is 1. The van der Waals surface area contributed by atoms with Crippen molar-refractivity contribution in [2.45, 2.75) is 12.8 Å². The molecule has 1 saturated carbocycles. The van der Waals surface area contributed by atoms with Crippen molar-refractivity contribution in [1.29, 1.82) is 5.41 Å². The smallest absolute Gasteiger partial charge is 0.133 e. The Morgan fingerprint density at radius 2 is 2.21 bits per heavy atom. The van der Waals surface area contributed by atoms with E-state index in [0.717, 1.165) is 18.5 Å². The molecule has 2 N–H and O–H groups in total. The lowest BCUT2D eigenvalue weighted by molar-refractivity contribution is 1.16. The fourth-order valence-electron chi connectivity index (χ4n) is 1.73. The SMILES string of the molecule is N=C(/C=C\c1ncc(-c2cc(Cl)ncn2)[nH]1)C1CC1. The molecule has 2 heterocycles. The van der Waals surface area contributed by atoms with Crippen LogP contribution >= 0.6 is 11.6 Å². The number of hydrogen-bond donors (Lipinski definition) is 2. The molecule has 3 rings (SSSR count). The summed E-state index contributed by atoms with van der Waals surface area (Å²) in [6, 6.07) is 1.68. The van der Waals surface area contributed by atoms with Crippen molar-refractivity contribution in [1.82, 2.24) is 19.9 Å². The fourth-order valence-corrected chi connectivity index (χ4v) is 1.88. The number of allylic oxidation sites excluding steroid dienone is 1. The molecule has 1 fully saturated rings. The Morgan fingerprint density at radius 1 is 1.37 bits per heavy atom. The number of H-pyrrole nitrogens is 1. The van der Waals surface area contributed by atoms with E-state index >= 15 is 0 Å². The van der Waals surface area contributed by atoms with Crippen LogP contribution in [0.4, 0.5) is 0 Å². The first-order chi connectivity index (χ1) is 9.22. The number of aromatic nitrogens is 4. The second-order valence-corrected chi connectivity index (χ2v) is 4.86. The fraction of sp³-hybridized carbons (Fsp3) is 0.231. The summed E-state index contributed by atoms with van der Waals surface area (Å²) >= 11 is 5.82. The molecule has 19 heavy (non-hydrogen) atoms. The van der Waals surface area contributed by atoms with Gasteiger partial charge in [-0.05, 0) is 25.0 Å². The van der Waals surface area contributed by atoms with Crippen LogP contribution in [0.3, 0.4) is 0 Å². The van der Waals surface area contributed by atoms with Gasteiger partial charge in [-0.1, -0.05) is 11.6 Å². The van der Waals surface area contributed by atoms with Crippen LogP contribution in [-0.4, -0.2) is 25.6 Å². The topological polar surface area (TPSA) is 78.3 Å². The maximum absolute atomic E-state index is 7.79.